The highest BCUT2D eigenvalue weighted by molar-refractivity contribution is 6.02. The molecule has 0 spiro atoms. The maximum absolute atomic E-state index is 13.2. The summed E-state index contributed by atoms with van der Waals surface area (Å²) in [4.78, 5) is 17.2. The summed E-state index contributed by atoms with van der Waals surface area (Å²) >= 11 is 0. The van der Waals surface area contributed by atoms with Gasteiger partial charge in [0, 0.05) is 24.7 Å². The normalized spacial score (nSPS) is 21.7. The van der Waals surface area contributed by atoms with Crippen LogP contribution in [-0.2, 0) is 9.53 Å². The summed E-state index contributed by atoms with van der Waals surface area (Å²) in [5, 5.41) is 0. The Balaban J connectivity index is 1.70. The number of allylic oxidation sites excluding steroid dienone is 1. The third kappa shape index (κ3) is 2.89. The summed E-state index contributed by atoms with van der Waals surface area (Å²) in [5.74, 6) is 1.54. The van der Waals surface area contributed by atoms with Gasteiger partial charge in [0.05, 0.1) is 31.0 Å². The smallest absolute Gasteiger partial charge is 0.241 e. The van der Waals surface area contributed by atoms with Crippen molar-refractivity contribution in [2.45, 2.75) is 26.3 Å². The van der Waals surface area contributed by atoms with Gasteiger partial charge < -0.3 is 19.1 Å². The van der Waals surface area contributed by atoms with Crippen LogP contribution in [0, 0.1) is 0 Å². The van der Waals surface area contributed by atoms with Crippen LogP contribution in [0.3, 0.4) is 0 Å². The fourth-order valence-electron chi connectivity index (χ4n) is 3.89. The van der Waals surface area contributed by atoms with Gasteiger partial charge in [-0.05, 0) is 32.4 Å². The molecule has 0 N–H and O–H groups in total. The molecule has 25 heavy (non-hydrogen) atoms. The summed E-state index contributed by atoms with van der Waals surface area (Å²) in [6.45, 7) is 9.80. The first-order valence-electron chi connectivity index (χ1n) is 8.72. The highest BCUT2D eigenvalue weighted by Crippen LogP contribution is 2.46. The number of morpholine rings is 1. The van der Waals surface area contributed by atoms with Crippen LogP contribution in [0.2, 0.25) is 0 Å². The van der Waals surface area contributed by atoms with Gasteiger partial charge >= 0.3 is 0 Å². The molecule has 1 aromatic carbocycles. The Morgan fingerprint density at radius 1 is 1.16 bits per heavy atom. The molecule has 3 aliphatic rings. The average molecular weight is 344 g/mol. The van der Waals surface area contributed by atoms with E-state index in [-0.39, 0.29) is 12.7 Å². The van der Waals surface area contributed by atoms with E-state index in [2.05, 4.69) is 31.7 Å². The number of carbonyl (C=O) groups is 1. The van der Waals surface area contributed by atoms with Gasteiger partial charge in [-0.1, -0.05) is 6.08 Å². The Labute approximate surface area is 147 Å². The summed E-state index contributed by atoms with van der Waals surface area (Å²) in [7, 11) is 0. The number of benzene rings is 1. The molecule has 1 amide bonds. The highest BCUT2D eigenvalue weighted by atomic mass is 16.7. The molecule has 0 bridgehead atoms. The van der Waals surface area contributed by atoms with Crippen molar-refractivity contribution in [2.24, 2.45) is 0 Å². The van der Waals surface area contributed by atoms with E-state index in [1.54, 1.807) is 0 Å². The molecule has 6 nitrogen and oxygen atoms in total. The van der Waals surface area contributed by atoms with Crippen molar-refractivity contribution in [3.05, 3.63) is 23.8 Å². The van der Waals surface area contributed by atoms with Crippen LogP contribution >= 0.6 is 0 Å². The number of amides is 1. The van der Waals surface area contributed by atoms with Crippen LogP contribution in [0.4, 0.5) is 5.69 Å². The fraction of sp³-hybridized carbons (Fsp3) is 0.526. The van der Waals surface area contributed by atoms with E-state index in [0.717, 1.165) is 35.7 Å². The van der Waals surface area contributed by atoms with Crippen molar-refractivity contribution in [1.29, 1.82) is 0 Å². The molecule has 3 aliphatic heterocycles. The molecule has 0 unspecified atom stereocenters. The van der Waals surface area contributed by atoms with Crippen molar-refractivity contribution in [1.82, 2.24) is 4.90 Å². The van der Waals surface area contributed by atoms with Crippen LogP contribution in [0.5, 0.6) is 11.5 Å². The van der Waals surface area contributed by atoms with Crippen molar-refractivity contribution in [3.63, 3.8) is 0 Å². The molecule has 1 aromatic rings. The Bertz CT molecular complexity index is 735. The van der Waals surface area contributed by atoms with Crippen LogP contribution in [0.25, 0.3) is 5.57 Å². The molecule has 134 valence electrons. The molecule has 4 rings (SSSR count). The second-order valence-electron chi connectivity index (χ2n) is 7.32. The van der Waals surface area contributed by atoms with Gasteiger partial charge in [0.2, 0.25) is 12.7 Å². The van der Waals surface area contributed by atoms with Crippen LogP contribution in [0.1, 0.15) is 26.3 Å². The Hall–Kier alpha value is -2.05. The van der Waals surface area contributed by atoms with Crippen LogP contribution in [-0.4, -0.2) is 56.0 Å². The summed E-state index contributed by atoms with van der Waals surface area (Å²) < 4.78 is 16.4. The standard InChI is InChI=1S/C19H24N2O4/c1-13-10-19(2,3)21(18(22)11-20-4-6-23-7-5-20)15-9-17-16(8-14(13)15)24-12-25-17/h8-10H,4-7,11-12H2,1-3H3. The Kier molecular flexibility index (Phi) is 3.96. The Morgan fingerprint density at radius 2 is 1.84 bits per heavy atom. The first-order valence-corrected chi connectivity index (χ1v) is 8.72. The van der Waals surface area contributed by atoms with E-state index < -0.39 is 5.54 Å². The topological polar surface area (TPSA) is 51.2 Å². The van der Waals surface area contributed by atoms with E-state index in [9.17, 15) is 4.79 Å². The van der Waals surface area contributed by atoms with Crippen molar-refractivity contribution in [2.75, 3.05) is 44.5 Å². The first kappa shape index (κ1) is 16.4. The Morgan fingerprint density at radius 3 is 2.56 bits per heavy atom. The second-order valence-corrected chi connectivity index (χ2v) is 7.32. The number of anilines is 1. The third-order valence-corrected chi connectivity index (χ3v) is 5.01. The van der Waals surface area contributed by atoms with Crippen LogP contribution < -0.4 is 14.4 Å². The molecule has 0 saturated carbocycles. The second kappa shape index (κ2) is 6.04. The predicted molar refractivity (Wildman–Crippen MR) is 95.0 cm³/mol. The molecule has 1 saturated heterocycles. The third-order valence-electron chi connectivity index (χ3n) is 5.01. The SMILES string of the molecule is CC1=CC(C)(C)N(C(=O)CN2CCOCC2)c2cc3c(cc21)OCO3. The van der Waals surface area contributed by atoms with Gasteiger partial charge in [-0.15, -0.1) is 0 Å². The van der Waals surface area contributed by atoms with E-state index in [1.807, 2.05) is 17.0 Å². The van der Waals surface area contributed by atoms with Crippen molar-refractivity contribution >= 4 is 17.2 Å². The van der Waals surface area contributed by atoms with Gasteiger partial charge in [-0.25, -0.2) is 0 Å². The zero-order valence-electron chi connectivity index (χ0n) is 15.0. The number of carbonyl (C=O) groups excluding carboxylic acids is 1. The van der Waals surface area contributed by atoms with Gasteiger partial charge in [0.15, 0.2) is 11.5 Å². The van der Waals surface area contributed by atoms with Crippen molar-refractivity contribution < 1.29 is 19.0 Å². The molecule has 3 heterocycles. The maximum atomic E-state index is 13.2. The lowest BCUT2D eigenvalue weighted by molar-refractivity contribution is -0.121. The van der Waals surface area contributed by atoms with E-state index in [1.165, 1.54) is 0 Å². The molecule has 0 radical (unpaired) electrons. The number of hydrogen-bond acceptors (Lipinski definition) is 5. The lowest BCUT2D eigenvalue weighted by atomic mass is 9.88. The van der Waals surface area contributed by atoms with Gasteiger partial charge in [0.25, 0.3) is 0 Å². The number of ether oxygens (including phenoxy) is 3. The summed E-state index contributed by atoms with van der Waals surface area (Å²) in [5.41, 5.74) is 2.67. The van der Waals surface area contributed by atoms with Gasteiger partial charge in [-0.2, -0.15) is 0 Å². The number of nitrogens with zero attached hydrogens (tertiary/aromatic N) is 2. The predicted octanol–water partition coefficient (Wildman–Crippen LogP) is 2.28. The zero-order chi connectivity index (χ0) is 17.6. The zero-order valence-corrected chi connectivity index (χ0v) is 15.0. The fourth-order valence-corrected chi connectivity index (χ4v) is 3.89. The van der Waals surface area contributed by atoms with E-state index in [4.69, 9.17) is 14.2 Å². The minimum absolute atomic E-state index is 0.0933. The van der Waals surface area contributed by atoms with Crippen molar-refractivity contribution in [3.8, 4) is 11.5 Å². The summed E-state index contributed by atoms with van der Waals surface area (Å²) in [6.07, 6.45) is 2.15. The van der Waals surface area contributed by atoms with Gasteiger partial charge in [0.1, 0.15) is 0 Å². The van der Waals surface area contributed by atoms with E-state index in [0.29, 0.717) is 25.5 Å². The monoisotopic (exact) mass is 344 g/mol. The minimum Gasteiger partial charge on any atom is -0.454 e. The quantitative estimate of drug-likeness (QED) is 0.824. The molecule has 1 fully saturated rings. The highest BCUT2D eigenvalue weighted by Gasteiger charge is 2.37. The molecular weight excluding hydrogens is 320 g/mol. The molecule has 0 aromatic heterocycles. The average Bonchev–Trinajstić information content (AvgIpc) is 3.01. The summed E-state index contributed by atoms with van der Waals surface area (Å²) in [6, 6.07) is 3.92. The van der Waals surface area contributed by atoms with Gasteiger partial charge in [-0.3, -0.25) is 9.69 Å². The number of fused-ring (bicyclic) bond motifs is 2. The minimum atomic E-state index is -0.395. The maximum Gasteiger partial charge on any atom is 0.241 e. The molecule has 0 aliphatic carbocycles. The number of hydrogen-bond donors (Lipinski definition) is 0. The molecule has 6 heteroatoms. The number of rotatable bonds is 2. The molecular formula is C19H24N2O4. The lowest BCUT2D eigenvalue weighted by Gasteiger charge is -2.42. The first-order chi connectivity index (χ1) is 12.0. The van der Waals surface area contributed by atoms with E-state index >= 15 is 0 Å². The largest absolute Gasteiger partial charge is 0.454 e. The lowest BCUT2D eigenvalue weighted by Crippen LogP contribution is -2.53. The van der Waals surface area contributed by atoms with Crippen LogP contribution in [0.15, 0.2) is 18.2 Å². The molecule has 0 atom stereocenters.